The zero-order valence-electron chi connectivity index (χ0n) is 14.6. The van der Waals surface area contributed by atoms with Gasteiger partial charge in [0.2, 0.25) is 0 Å². The Morgan fingerprint density at radius 3 is 2.52 bits per heavy atom. The van der Waals surface area contributed by atoms with Crippen LogP contribution in [-0.2, 0) is 6.42 Å². The Hall–Kier alpha value is -2.69. The number of nitrogens with zero attached hydrogens (tertiary/aromatic N) is 1. The number of aromatic carboxylic acids is 1. The van der Waals surface area contributed by atoms with E-state index in [-0.39, 0.29) is 22.3 Å². The van der Waals surface area contributed by atoms with E-state index in [4.69, 9.17) is 4.74 Å². The van der Waals surface area contributed by atoms with Crippen molar-refractivity contribution in [3.05, 3.63) is 47.2 Å². The predicted molar refractivity (Wildman–Crippen MR) is 94.2 cm³/mol. The summed E-state index contributed by atoms with van der Waals surface area (Å²) in [6.45, 7) is 6.49. The fourth-order valence-electron chi connectivity index (χ4n) is 3.28. The first kappa shape index (κ1) is 17.1. The Balaban J connectivity index is 2.11. The summed E-state index contributed by atoms with van der Waals surface area (Å²) in [4.78, 5) is 28.8. The summed E-state index contributed by atoms with van der Waals surface area (Å²) in [5.74, 6) is -0.493. The van der Waals surface area contributed by atoms with Crippen LogP contribution in [0.15, 0.2) is 30.3 Å². The molecule has 1 aromatic carbocycles. The number of ketones is 1. The number of carboxylic acids is 1. The first-order chi connectivity index (χ1) is 11.8. The summed E-state index contributed by atoms with van der Waals surface area (Å²) < 4.78 is 5.43. The molecule has 1 aliphatic carbocycles. The highest BCUT2D eigenvalue weighted by atomic mass is 16.5. The highest BCUT2D eigenvalue weighted by Crippen LogP contribution is 2.37. The Morgan fingerprint density at radius 2 is 1.92 bits per heavy atom. The second-order valence-electron chi connectivity index (χ2n) is 7.08. The van der Waals surface area contributed by atoms with Gasteiger partial charge in [0.05, 0.1) is 29.1 Å². The number of carbonyl (C=O) groups is 2. The minimum Gasteiger partial charge on any atom is -0.494 e. The Bertz CT molecular complexity index is 838. The topological polar surface area (TPSA) is 76.5 Å². The van der Waals surface area contributed by atoms with Gasteiger partial charge in [0.25, 0.3) is 0 Å². The number of ether oxygens (including phenoxy) is 1. The lowest BCUT2D eigenvalue weighted by atomic mass is 9.74. The van der Waals surface area contributed by atoms with E-state index in [2.05, 4.69) is 4.98 Å². The number of fused-ring (bicyclic) bond motifs is 1. The van der Waals surface area contributed by atoms with E-state index < -0.39 is 5.97 Å². The standard InChI is InChI=1S/C20H21NO4/c1-4-25-13-7-5-12(6-8-13)15-9-14(19(23)24)18-16(21-15)10-20(2,3)11-17(18)22/h5-9H,4,10-11H2,1-3H3,(H,23,24). The van der Waals surface area contributed by atoms with Crippen molar-refractivity contribution in [3.8, 4) is 17.0 Å². The number of Topliss-reactive ketones (excluding diaryl/α,β-unsaturated/α-hetero) is 1. The average molecular weight is 339 g/mol. The van der Waals surface area contributed by atoms with E-state index >= 15 is 0 Å². The molecule has 0 saturated heterocycles. The molecule has 0 fully saturated rings. The van der Waals surface area contributed by atoms with Crippen LogP contribution in [0, 0.1) is 5.41 Å². The molecule has 1 aromatic heterocycles. The number of pyridine rings is 1. The lowest BCUT2D eigenvalue weighted by Gasteiger charge is -2.30. The summed E-state index contributed by atoms with van der Waals surface area (Å²) >= 11 is 0. The van der Waals surface area contributed by atoms with Crippen LogP contribution in [0.1, 0.15) is 53.6 Å². The Kier molecular flexibility index (Phi) is 4.33. The van der Waals surface area contributed by atoms with Crippen LogP contribution in [0.3, 0.4) is 0 Å². The zero-order chi connectivity index (χ0) is 18.2. The third-order valence-electron chi connectivity index (χ3n) is 4.35. The second kappa shape index (κ2) is 6.31. The second-order valence-corrected chi connectivity index (χ2v) is 7.08. The van der Waals surface area contributed by atoms with E-state index in [1.807, 2.05) is 45.0 Å². The van der Waals surface area contributed by atoms with Crippen molar-refractivity contribution in [3.63, 3.8) is 0 Å². The van der Waals surface area contributed by atoms with Crippen LogP contribution in [0.5, 0.6) is 5.75 Å². The molecule has 0 aliphatic heterocycles. The molecular weight excluding hydrogens is 318 g/mol. The summed E-state index contributed by atoms with van der Waals surface area (Å²) in [7, 11) is 0. The molecule has 1 heterocycles. The molecule has 0 bridgehead atoms. The summed E-state index contributed by atoms with van der Waals surface area (Å²) in [5, 5.41) is 9.57. The molecule has 1 aliphatic rings. The number of aromatic nitrogens is 1. The van der Waals surface area contributed by atoms with Crippen LogP contribution in [0.25, 0.3) is 11.3 Å². The van der Waals surface area contributed by atoms with Gasteiger partial charge in [-0.05, 0) is 49.1 Å². The van der Waals surface area contributed by atoms with E-state index in [9.17, 15) is 14.7 Å². The molecule has 5 heteroatoms. The van der Waals surface area contributed by atoms with Crippen molar-refractivity contribution in [2.24, 2.45) is 5.41 Å². The van der Waals surface area contributed by atoms with Gasteiger partial charge in [-0.2, -0.15) is 0 Å². The van der Waals surface area contributed by atoms with Crippen LogP contribution >= 0.6 is 0 Å². The van der Waals surface area contributed by atoms with Crippen molar-refractivity contribution >= 4 is 11.8 Å². The molecule has 0 radical (unpaired) electrons. The van der Waals surface area contributed by atoms with Crippen molar-refractivity contribution < 1.29 is 19.4 Å². The van der Waals surface area contributed by atoms with Gasteiger partial charge >= 0.3 is 5.97 Å². The van der Waals surface area contributed by atoms with Gasteiger partial charge in [0.1, 0.15) is 5.75 Å². The third kappa shape index (κ3) is 3.40. The van der Waals surface area contributed by atoms with Crippen LogP contribution in [-0.4, -0.2) is 28.4 Å². The fourth-order valence-corrected chi connectivity index (χ4v) is 3.28. The maximum Gasteiger partial charge on any atom is 0.336 e. The lowest BCUT2D eigenvalue weighted by molar-refractivity contribution is 0.0687. The first-order valence-corrected chi connectivity index (χ1v) is 8.34. The summed E-state index contributed by atoms with van der Waals surface area (Å²) in [5.41, 5.74) is 2.01. The number of carboxylic acid groups (broad SMARTS) is 1. The Morgan fingerprint density at radius 1 is 1.24 bits per heavy atom. The van der Waals surface area contributed by atoms with Gasteiger partial charge in [-0.15, -0.1) is 0 Å². The van der Waals surface area contributed by atoms with Crippen LogP contribution in [0.4, 0.5) is 0 Å². The fraction of sp³-hybridized carbons (Fsp3) is 0.350. The number of rotatable bonds is 4. The maximum absolute atomic E-state index is 12.5. The van der Waals surface area contributed by atoms with Gasteiger partial charge in [-0.3, -0.25) is 9.78 Å². The molecule has 5 nitrogen and oxygen atoms in total. The number of hydrogen-bond acceptors (Lipinski definition) is 4. The van der Waals surface area contributed by atoms with Crippen LogP contribution < -0.4 is 4.74 Å². The quantitative estimate of drug-likeness (QED) is 0.911. The van der Waals surface area contributed by atoms with Crippen molar-refractivity contribution in [1.82, 2.24) is 4.98 Å². The number of carbonyl (C=O) groups excluding carboxylic acids is 1. The molecule has 1 N–H and O–H groups in total. The van der Waals surface area contributed by atoms with Gasteiger partial charge in [0.15, 0.2) is 5.78 Å². The normalized spacial score (nSPS) is 15.6. The molecule has 3 rings (SSSR count). The van der Waals surface area contributed by atoms with Crippen molar-refractivity contribution in [2.45, 2.75) is 33.6 Å². The molecule has 25 heavy (non-hydrogen) atoms. The van der Waals surface area contributed by atoms with E-state index in [0.29, 0.717) is 30.8 Å². The average Bonchev–Trinajstić information content (AvgIpc) is 2.53. The third-order valence-corrected chi connectivity index (χ3v) is 4.35. The molecule has 2 aromatic rings. The smallest absolute Gasteiger partial charge is 0.336 e. The molecular formula is C20H21NO4. The predicted octanol–water partition coefficient (Wildman–Crippen LogP) is 4.00. The molecule has 0 unspecified atom stereocenters. The molecule has 0 amide bonds. The largest absolute Gasteiger partial charge is 0.494 e. The SMILES string of the molecule is CCOc1ccc(-c2cc(C(=O)O)c3c(n2)CC(C)(C)CC3=O)cc1. The first-order valence-electron chi connectivity index (χ1n) is 8.34. The monoisotopic (exact) mass is 339 g/mol. The van der Waals surface area contributed by atoms with E-state index in [0.717, 1.165) is 11.3 Å². The molecule has 0 atom stereocenters. The van der Waals surface area contributed by atoms with Crippen LogP contribution in [0.2, 0.25) is 0 Å². The number of hydrogen-bond donors (Lipinski definition) is 1. The highest BCUT2D eigenvalue weighted by Gasteiger charge is 2.35. The van der Waals surface area contributed by atoms with Crippen molar-refractivity contribution in [1.29, 1.82) is 0 Å². The van der Waals surface area contributed by atoms with E-state index in [1.165, 1.54) is 6.07 Å². The molecule has 0 spiro atoms. The minimum absolute atomic E-state index is 0.0365. The lowest BCUT2D eigenvalue weighted by Crippen LogP contribution is -2.30. The van der Waals surface area contributed by atoms with Gasteiger partial charge < -0.3 is 9.84 Å². The molecule has 130 valence electrons. The summed E-state index contributed by atoms with van der Waals surface area (Å²) in [6.07, 6.45) is 0.920. The molecule has 0 saturated carbocycles. The van der Waals surface area contributed by atoms with E-state index in [1.54, 1.807) is 0 Å². The number of benzene rings is 1. The maximum atomic E-state index is 12.5. The Labute approximate surface area is 146 Å². The van der Waals surface area contributed by atoms with Gasteiger partial charge in [0, 0.05) is 12.0 Å². The van der Waals surface area contributed by atoms with Crippen molar-refractivity contribution in [2.75, 3.05) is 6.61 Å². The van der Waals surface area contributed by atoms with Gasteiger partial charge in [-0.25, -0.2) is 4.79 Å². The highest BCUT2D eigenvalue weighted by molar-refractivity contribution is 6.08. The minimum atomic E-state index is -1.10. The van der Waals surface area contributed by atoms with Gasteiger partial charge in [-0.1, -0.05) is 13.8 Å². The zero-order valence-corrected chi connectivity index (χ0v) is 14.6. The summed E-state index contributed by atoms with van der Waals surface area (Å²) in [6, 6.07) is 8.85.